The summed E-state index contributed by atoms with van der Waals surface area (Å²) < 4.78 is 15.4. The summed E-state index contributed by atoms with van der Waals surface area (Å²) in [4.78, 5) is 28.7. The van der Waals surface area contributed by atoms with E-state index < -0.39 is 5.82 Å². The molecule has 0 saturated carbocycles. The maximum Gasteiger partial charge on any atom is 0.274 e. The Balaban J connectivity index is 1.40. The second kappa shape index (κ2) is 8.28. The van der Waals surface area contributed by atoms with Crippen LogP contribution in [0.2, 0.25) is 5.02 Å². The fraction of sp³-hybridized carbons (Fsp3) is 0.227. The van der Waals surface area contributed by atoms with Gasteiger partial charge in [-0.1, -0.05) is 23.7 Å². The molecule has 154 valence electrons. The number of hydrogen-bond acceptors (Lipinski definition) is 3. The topological polar surface area (TPSA) is 58.4 Å². The van der Waals surface area contributed by atoms with Crippen molar-refractivity contribution >= 4 is 23.4 Å². The quantitative estimate of drug-likeness (QED) is 0.643. The minimum atomic E-state index is -0.398. The summed E-state index contributed by atoms with van der Waals surface area (Å²) in [5.74, 6) is -0.819. The average Bonchev–Trinajstić information content (AvgIpc) is 3.25. The molecule has 0 atom stereocenters. The number of halogens is 2. The molecule has 0 bridgehead atoms. The predicted molar refractivity (Wildman–Crippen MR) is 112 cm³/mol. The summed E-state index contributed by atoms with van der Waals surface area (Å²) in [6.45, 7) is 3.21. The Labute approximate surface area is 178 Å². The second-order valence-corrected chi connectivity index (χ2v) is 7.61. The van der Waals surface area contributed by atoms with Gasteiger partial charge in [0.25, 0.3) is 11.8 Å². The molecular weight excluding hydrogens is 407 g/mol. The number of rotatable bonds is 3. The van der Waals surface area contributed by atoms with E-state index in [0.29, 0.717) is 48.0 Å². The number of hydrogen-bond donors (Lipinski definition) is 0. The van der Waals surface area contributed by atoms with Crippen LogP contribution in [0.3, 0.4) is 0 Å². The van der Waals surface area contributed by atoms with Gasteiger partial charge in [-0.2, -0.15) is 5.10 Å². The summed E-state index contributed by atoms with van der Waals surface area (Å²) >= 11 is 6.02. The van der Waals surface area contributed by atoms with Crippen LogP contribution in [0.4, 0.5) is 4.39 Å². The van der Waals surface area contributed by atoms with Crippen LogP contribution in [0.5, 0.6) is 0 Å². The lowest BCUT2D eigenvalue weighted by molar-refractivity contribution is 0.0532. The molecule has 1 aromatic heterocycles. The van der Waals surface area contributed by atoms with Crippen LogP contribution in [-0.4, -0.2) is 57.6 Å². The zero-order chi connectivity index (χ0) is 21.3. The molecule has 6 nitrogen and oxygen atoms in total. The zero-order valence-corrected chi connectivity index (χ0v) is 17.1. The predicted octanol–water partition coefficient (Wildman–Crippen LogP) is 3.57. The maximum atomic E-state index is 13.8. The van der Waals surface area contributed by atoms with E-state index in [1.54, 1.807) is 57.9 Å². The molecule has 2 amide bonds. The molecule has 1 aliphatic rings. The van der Waals surface area contributed by atoms with Crippen LogP contribution < -0.4 is 0 Å². The lowest BCUT2D eigenvalue weighted by Gasteiger charge is -2.34. The number of amides is 2. The van der Waals surface area contributed by atoms with Crippen molar-refractivity contribution < 1.29 is 14.0 Å². The molecule has 2 aromatic carbocycles. The molecule has 4 rings (SSSR count). The average molecular weight is 427 g/mol. The van der Waals surface area contributed by atoms with Crippen molar-refractivity contribution in [1.82, 2.24) is 19.6 Å². The number of aromatic nitrogens is 2. The van der Waals surface area contributed by atoms with Gasteiger partial charge in [0, 0.05) is 43.0 Å². The molecule has 1 fully saturated rings. The first kappa shape index (κ1) is 20.1. The van der Waals surface area contributed by atoms with Crippen LogP contribution in [0.1, 0.15) is 26.4 Å². The summed E-state index contributed by atoms with van der Waals surface area (Å²) in [7, 11) is 0. The summed E-state index contributed by atoms with van der Waals surface area (Å²) in [6.07, 6.45) is 1.71. The molecule has 0 unspecified atom stereocenters. The molecule has 2 heterocycles. The Morgan fingerprint density at radius 3 is 2.33 bits per heavy atom. The molecule has 1 saturated heterocycles. The molecule has 0 aliphatic carbocycles. The fourth-order valence-electron chi connectivity index (χ4n) is 3.38. The highest BCUT2D eigenvalue weighted by atomic mass is 35.5. The first-order chi connectivity index (χ1) is 14.4. The molecule has 30 heavy (non-hydrogen) atoms. The van der Waals surface area contributed by atoms with Gasteiger partial charge in [0.05, 0.1) is 5.69 Å². The van der Waals surface area contributed by atoms with Crippen molar-refractivity contribution in [3.05, 3.63) is 82.4 Å². The van der Waals surface area contributed by atoms with E-state index in [4.69, 9.17) is 11.6 Å². The number of aryl methyl sites for hydroxylation is 1. The van der Waals surface area contributed by atoms with Crippen molar-refractivity contribution in [2.45, 2.75) is 6.92 Å². The third-order valence-electron chi connectivity index (χ3n) is 5.15. The van der Waals surface area contributed by atoms with Crippen LogP contribution >= 0.6 is 11.6 Å². The molecule has 8 heteroatoms. The van der Waals surface area contributed by atoms with Gasteiger partial charge in [0.1, 0.15) is 5.82 Å². The van der Waals surface area contributed by atoms with Crippen molar-refractivity contribution in [3.8, 4) is 5.69 Å². The van der Waals surface area contributed by atoms with E-state index in [2.05, 4.69) is 5.10 Å². The standard InChI is InChI=1S/C22H20ClFN4O2/c1-15-5-6-16(13-19(15)24)21(29)26-9-11-27(12-10-26)22(30)20-7-8-28(25-20)18-4-2-3-17(23)14-18/h2-8,13-14H,9-12H2,1H3. The van der Waals surface area contributed by atoms with Crippen LogP contribution in [-0.2, 0) is 0 Å². The highest BCUT2D eigenvalue weighted by Crippen LogP contribution is 2.17. The third-order valence-corrected chi connectivity index (χ3v) is 5.39. The summed E-state index contributed by atoms with van der Waals surface area (Å²) in [5.41, 5.74) is 1.91. The maximum absolute atomic E-state index is 13.8. The first-order valence-electron chi connectivity index (χ1n) is 9.59. The van der Waals surface area contributed by atoms with Gasteiger partial charge in [0.2, 0.25) is 0 Å². The monoisotopic (exact) mass is 426 g/mol. The van der Waals surface area contributed by atoms with Gasteiger partial charge < -0.3 is 9.80 Å². The van der Waals surface area contributed by atoms with E-state index >= 15 is 0 Å². The molecular formula is C22H20ClFN4O2. The Morgan fingerprint density at radius 2 is 1.67 bits per heavy atom. The number of piperazine rings is 1. The van der Waals surface area contributed by atoms with Crippen molar-refractivity contribution in [2.24, 2.45) is 0 Å². The van der Waals surface area contributed by atoms with Crippen molar-refractivity contribution in [1.29, 1.82) is 0 Å². The fourth-order valence-corrected chi connectivity index (χ4v) is 3.57. The normalized spacial score (nSPS) is 14.1. The number of nitrogens with zero attached hydrogens (tertiary/aromatic N) is 4. The smallest absolute Gasteiger partial charge is 0.274 e. The molecule has 0 spiro atoms. The highest BCUT2D eigenvalue weighted by Gasteiger charge is 2.27. The Kier molecular flexibility index (Phi) is 5.55. The minimum absolute atomic E-state index is 0.191. The molecule has 1 aliphatic heterocycles. The minimum Gasteiger partial charge on any atom is -0.335 e. The van der Waals surface area contributed by atoms with Crippen LogP contribution in [0, 0.1) is 12.7 Å². The number of benzene rings is 2. The lowest BCUT2D eigenvalue weighted by Crippen LogP contribution is -2.50. The number of carbonyl (C=O) groups is 2. The van der Waals surface area contributed by atoms with Gasteiger partial charge in [-0.25, -0.2) is 9.07 Å². The zero-order valence-electron chi connectivity index (χ0n) is 16.4. The van der Waals surface area contributed by atoms with E-state index in [0.717, 1.165) is 5.69 Å². The third kappa shape index (κ3) is 4.07. The van der Waals surface area contributed by atoms with Gasteiger partial charge in [-0.3, -0.25) is 9.59 Å². The van der Waals surface area contributed by atoms with E-state index in [9.17, 15) is 14.0 Å². The Bertz CT molecular complexity index is 1110. The van der Waals surface area contributed by atoms with Gasteiger partial charge in [-0.05, 0) is 48.9 Å². The molecule has 0 radical (unpaired) electrons. The molecule has 3 aromatic rings. The van der Waals surface area contributed by atoms with Gasteiger partial charge in [-0.15, -0.1) is 0 Å². The van der Waals surface area contributed by atoms with Crippen molar-refractivity contribution in [3.63, 3.8) is 0 Å². The highest BCUT2D eigenvalue weighted by molar-refractivity contribution is 6.30. The van der Waals surface area contributed by atoms with Gasteiger partial charge in [0.15, 0.2) is 5.69 Å². The largest absolute Gasteiger partial charge is 0.335 e. The van der Waals surface area contributed by atoms with E-state index in [1.165, 1.54) is 6.07 Å². The molecule has 0 N–H and O–H groups in total. The van der Waals surface area contributed by atoms with Crippen LogP contribution in [0.25, 0.3) is 5.69 Å². The van der Waals surface area contributed by atoms with Crippen molar-refractivity contribution in [2.75, 3.05) is 26.2 Å². The Morgan fingerprint density at radius 1 is 0.967 bits per heavy atom. The SMILES string of the molecule is Cc1ccc(C(=O)N2CCN(C(=O)c3ccn(-c4cccc(Cl)c4)n3)CC2)cc1F. The summed E-state index contributed by atoms with van der Waals surface area (Å²) in [6, 6.07) is 13.3. The first-order valence-corrected chi connectivity index (χ1v) is 9.96. The van der Waals surface area contributed by atoms with Crippen LogP contribution in [0.15, 0.2) is 54.7 Å². The van der Waals surface area contributed by atoms with Gasteiger partial charge >= 0.3 is 0 Å². The lowest BCUT2D eigenvalue weighted by atomic mass is 10.1. The second-order valence-electron chi connectivity index (χ2n) is 7.17. The van der Waals surface area contributed by atoms with E-state index in [1.807, 2.05) is 12.1 Å². The van der Waals surface area contributed by atoms with E-state index in [-0.39, 0.29) is 11.8 Å². The Hall–Kier alpha value is -3.19. The summed E-state index contributed by atoms with van der Waals surface area (Å²) in [5, 5.41) is 4.95. The number of carbonyl (C=O) groups excluding carboxylic acids is 2.